The van der Waals surface area contributed by atoms with Crippen molar-refractivity contribution in [1.82, 2.24) is 10.5 Å². The number of nitro groups is 1. The number of hydrogen-bond donors (Lipinski definition) is 1. The second kappa shape index (κ2) is 6.11. The highest BCUT2D eigenvalue weighted by Crippen LogP contribution is 2.30. The molecule has 0 bridgehead atoms. The van der Waals surface area contributed by atoms with Crippen molar-refractivity contribution in [3.05, 3.63) is 55.4 Å². The van der Waals surface area contributed by atoms with Gasteiger partial charge >= 0.3 is 0 Å². The van der Waals surface area contributed by atoms with E-state index >= 15 is 0 Å². The summed E-state index contributed by atoms with van der Waals surface area (Å²) in [4.78, 5) is 22.2. The van der Waals surface area contributed by atoms with E-state index in [2.05, 4.69) is 10.5 Å². The molecule has 0 unspecified atom stereocenters. The summed E-state index contributed by atoms with van der Waals surface area (Å²) in [6, 6.07) is 3.80. The highest BCUT2D eigenvalue weighted by Gasteiger charge is 2.19. The number of non-ortho nitro benzene ring substituents is 1. The van der Waals surface area contributed by atoms with Crippen LogP contribution in [0.4, 0.5) is 5.69 Å². The van der Waals surface area contributed by atoms with Crippen molar-refractivity contribution in [2.45, 2.75) is 13.5 Å². The summed E-state index contributed by atoms with van der Waals surface area (Å²) in [6.07, 6.45) is 0. The summed E-state index contributed by atoms with van der Waals surface area (Å²) < 4.78 is 4.93. The standard InChI is InChI=1S/C12H9Cl2N3O4/c1-6-2-8(21-16-6)5-15-12(18)9-3-7(17(19)20)4-10(13)11(9)14/h2-4H,5H2,1H3,(H,15,18). The molecule has 1 N–H and O–H groups in total. The summed E-state index contributed by atoms with van der Waals surface area (Å²) in [6.45, 7) is 1.82. The number of carbonyl (C=O) groups is 1. The summed E-state index contributed by atoms with van der Waals surface area (Å²) in [5.41, 5.74) is 0.285. The van der Waals surface area contributed by atoms with E-state index < -0.39 is 10.8 Å². The molecule has 2 aromatic rings. The molecule has 0 spiro atoms. The lowest BCUT2D eigenvalue weighted by molar-refractivity contribution is -0.384. The number of aryl methyl sites for hydroxylation is 1. The zero-order chi connectivity index (χ0) is 15.6. The van der Waals surface area contributed by atoms with Crippen LogP contribution in [-0.2, 0) is 6.54 Å². The Hall–Kier alpha value is -2.12. The predicted molar refractivity (Wildman–Crippen MR) is 75.5 cm³/mol. The van der Waals surface area contributed by atoms with Gasteiger partial charge in [0.1, 0.15) is 0 Å². The second-order valence-corrected chi connectivity index (χ2v) is 4.95. The third-order valence-corrected chi connectivity index (χ3v) is 3.37. The smallest absolute Gasteiger partial charge is 0.271 e. The molecule has 1 aromatic carbocycles. The Bertz CT molecular complexity index is 715. The van der Waals surface area contributed by atoms with Gasteiger partial charge in [-0.3, -0.25) is 14.9 Å². The van der Waals surface area contributed by atoms with Gasteiger partial charge in [0.05, 0.1) is 32.8 Å². The van der Waals surface area contributed by atoms with Crippen molar-refractivity contribution in [1.29, 1.82) is 0 Å². The second-order valence-electron chi connectivity index (χ2n) is 4.16. The monoisotopic (exact) mass is 329 g/mol. The highest BCUT2D eigenvalue weighted by molar-refractivity contribution is 6.44. The molecule has 9 heteroatoms. The molecule has 0 aliphatic carbocycles. The number of carbonyl (C=O) groups excluding carboxylic acids is 1. The number of rotatable bonds is 4. The molecule has 110 valence electrons. The molecule has 21 heavy (non-hydrogen) atoms. The number of nitrogens with one attached hydrogen (secondary N) is 1. The summed E-state index contributed by atoms with van der Waals surface area (Å²) in [5.74, 6) is -0.145. The zero-order valence-electron chi connectivity index (χ0n) is 10.7. The largest absolute Gasteiger partial charge is 0.359 e. The average molecular weight is 330 g/mol. The van der Waals surface area contributed by atoms with E-state index in [4.69, 9.17) is 27.7 Å². The lowest BCUT2D eigenvalue weighted by Gasteiger charge is -2.06. The zero-order valence-corrected chi connectivity index (χ0v) is 12.2. The highest BCUT2D eigenvalue weighted by atomic mass is 35.5. The molecule has 0 atom stereocenters. The van der Waals surface area contributed by atoms with Crippen LogP contribution in [0.3, 0.4) is 0 Å². The van der Waals surface area contributed by atoms with Crippen molar-refractivity contribution >= 4 is 34.8 Å². The SMILES string of the molecule is Cc1cc(CNC(=O)c2cc([N+](=O)[O-])cc(Cl)c2Cl)on1. The quantitative estimate of drug-likeness (QED) is 0.686. The third-order valence-electron chi connectivity index (χ3n) is 2.57. The first-order valence-corrected chi connectivity index (χ1v) is 6.48. The molecule has 1 amide bonds. The first kappa shape index (κ1) is 15.3. The van der Waals surface area contributed by atoms with Crippen molar-refractivity contribution in [3.8, 4) is 0 Å². The number of aromatic nitrogens is 1. The molecule has 0 saturated heterocycles. The van der Waals surface area contributed by atoms with Crippen LogP contribution in [0.2, 0.25) is 10.0 Å². The van der Waals surface area contributed by atoms with Gasteiger partial charge in [0.2, 0.25) is 0 Å². The van der Waals surface area contributed by atoms with E-state index in [0.29, 0.717) is 11.5 Å². The normalized spacial score (nSPS) is 10.4. The number of amides is 1. The fraction of sp³-hybridized carbons (Fsp3) is 0.167. The average Bonchev–Trinajstić information content (AvgIpc) is 2.84. The molecular weight excluding hydrogens is 321 g/mol. The number of nitro benzene ring substituents is 1. The summed E-state index contributed by atoms with van der Waals surface area (Å²) >= 11 is 11.7. The first-order chi connectivity index (χ1) is 9.88. The van der Waals surface area contributed by atoms with E-state index in [-0.39, 0.29) is 27.8 Å². The lowest BCUT2D eigenvalue weighted by Crippen LogP contribution is -2.23. The minimum Gasteiger partial charge on any atom is -0.359 e. The van der Waals surface area contributed by atoms with Gasteiger partial charge in [-0.1, -0.05) is 28.4 Å². The summed E-state index contributed by atoms with van der Waals surface area (Å²) in [7, 11) is 0. The maximum absolute atomic E-state index is 12.0. The Kier molecular flexibility index (Phi) is 4.44. The van der Waals surface area contributed by atoms with Crippen LogP contribution in [0.1, 0.15) is 21.8 Å². The third kappa shape index (κ3) is 3.50. The Labute approximate surface area is 129 Å². The molecule has 0 saturated carbocycles. The van der Waals surface area contributed by atoms with Crippen molar-refractivity contribution in [2.24, 2.45) is 0 Å². The van der Waals surface area contributed by atoms with Crippen LogP contribution in [0, 0.1) is 17.0 Å². The Balaban J connectivity index is 2.20. The molecule has 7 nitrogen and oxygen atoms in total. The number of hydrogen-bond acceptors (Lipinski definition) is 5. The molecule has 0 aliphatic rings. The lowest BCUT2D eigenvalue weighted by atomic mass is 10.2. The Morgan fingerprint density at radius 1 is 1.43 bits per heavy atom. The molecule has 1 heterocycles. The van der Waals surface area contributed by atoms with Crippen LogP contribution in [0.15, 0.2) is 22.7 Å². The van der Waals surface area contributed by atoms with Crippen molar-refractivity contribution in [2.75, 3.05) is 0 Å². The fourth-order valence-electron chi connectivity index (χ4n) is 1.61. The van der Waals surface area contributed by atoms with Gasteiger partial charge in [-0.2, -0.15) is 0 Å². The Morgan fingerprint density at radius 2 is 2.14 bits per heavy atom. The molecule has 2 rings (SSSR count). The maximum atomic E-state index is 12.0. The minimum atomic E-state index is -0.654. The summed E-state index contributed by atoms with van der Waals surface area (Å²) in [5, 5.41) is 16.9. The van der Waals surface area contributed by atoms with Gasteiger partial charge < -0.3 is 9.84 Å². The van der Waals surface area contributed by atoms with Gasteiger partial charge in [0.25, 0.3) is 11.6 Å². The van der Waals surface area contributed by atoms with Crippen LogP contribution in [-0.4, -0.2) is 16.0 Å². The van der Waals surface area contributed by atoms with Crippen LogP contribution < -0.4 is 5.32 Å². The first-order valence-electron chi connectivity index (χ1n) is 5.72. The van der Waals surface area contributed by atoms with Gasteiger partial charge in [-0.05, 0) is 6.92 Å². The van der Waals surface area contributed by atoms with Gasteiger partial charge in [-0.15, -0.1) is 0 Å². The van der Waals surface area contributed by atoms with Crippen LogP contribution in [0.5, 0.6) is 0 Å². The number of nitrogens with zero attached hydrogens (tertiary/aromatic N) is 2. The van der Waals surface area contributed by atoms with Gasteiger partial charge in [0.15, 0.2) is 5.76 Å². The van der Waals surface area contributed by atoms with E-state index in [1.165, 1.54) is 0 Å². The van der Waals surface area contributed by atoms with Crippen LogP contribution in [0.25, 0.3) is 0 Å². The molecule has 0 aliphatic heterocycles. The molecule has 0 radical (unpaired) electrons. The maximum Gasteiger partial charge on any atom is 0.271 e. The van der Waals surface area contributed by atoms with E-state index in [1.54, 1.807) is 13.0 Å². The fourth-order valence-corrected chi connectivity index (χ4v) is 2.02. The molecule has 1 aromatic heterocycles. The topological polar surface area (TPSA) is 98.3 Å². The van der Waals surface area contributed by atoms with Gasteiger partial charge in [-0.25, -0.2) is 0 Å². The molecular formula is C12H9Cl2N3O4. The minimum absolute atomic E-state index is 0.0477. The van der Waals surface area contributed by atoms with E-state index in [1.807, 2.05) is 0 Å². The number of halogens is 2. The number of benzene rings is 1. The van der Waals surface area contributed by atoms with Crippen LogP contribution >= 0.6 is 23.2 Å². The van der Waals surface area contributed by atoms with E-state index in [0.717, 1.165) is 12.1 Å². The molecule has 0 fully saturated rings. The predicted octanol–water partition coefficient (Wildman–Crippen LogP) is 3.13. The van der Waals surface area contributed by atoms with Crippen molar-refractivity contribution in [3.63, 3.8) is 0 Å². The van der Waals surface area contributed by atoms with E-state index in [9.17, 15) is 14.9 Å². The van der Waals surface area contributed by atoms with Gasteiger partial charge in [0, 0.05) is 18.2 Å². The Morgan fingerprint density at radius 3 is 2.71 bits per heavy atom. The van der Waals surface area contributed by atoms with Crippen molar-refractivity contribution < 1.29 is 14.2 Å².